The Morgan fingerprint density at radius 1 is 1.08 bits per heavy atom. The zero-order chi connectivity index (χ0) is 17.9. The fraction of sp³-hybridized carbons (Fsp3) is 0.450. The number of aromatic hydroxyl groups is 1. The highest BCUT2D eigenvalue weighted by Gasteiger charge is 2.31. The topological polar surface area (TPSA) is 47.0 Å². The van der Waals surface area contributed by atoms with E-state index >= 15 is 0 Å². The van der Waals surface area contributed by atoms with Gasteiger partial charge in [-0.05, 0) is 36.4 Å². The van der Waals surface area contributed by atoms with E-state index in [-0.39, 0.29) is 11.9 Å². The fourth-order valence-corrected chi connectivity index (χ4v) is 4.88. The molecule has 6 heteroatoms. The van der Waals surface area contributed by atoms with Gasteiger partial charge in [0, 0.05) is 37.6 Å². The molecule has 2 fully saturated rings. The van der Waals surface area contributed by atoms with Crippen molar-refractivity contribution in [2.75, 3.05) is 44.2 Å². The quantitative estimate of drug-likeness (QED) is 0.898. The van der Waals surface area contributed by atoms with Crippen LogP contribution in [-0.4, -0.2) is 60.1 Å². The average molecular weight is 372 g/mol. The number of hydrogen-bond donors (Lipinski definition) is 1. The number of carbonyl (C=O) groups excluding carboxylic acids is 1. The van der Waals surface area contributed by atoms with Gasteiger partial charge in [0.15, 0.2) is 0 Å². The Morgan fingerprint density at radius 2 is 1.88 bits per heavy atom. The summed E-state index contributed by atoms with van der Waals surface area (Å²) >= 11 is 1.75. The van der Waals surface area contributed by atoms with Crippen LogP contribution < -0.4 is 4.90 Å². The highest BCUT2D eigenvalue weighted by molar-refractivity contribution is 7.10. The summed E-state index contributed by atoms with van der Waals surface area (Å²) < 4.78 is 0. The minimum absolute atomic E-state index is 0.247. The monoisotopic (exact) mass is 371 g/mol. The molecule has 2 aliphatic rings. The molecule has 2 saturated heterocycles. The molecular formula is C20H25N3O2S. The number of para-hydroxylation sites is 2. The largest absolute Gasteiger partial charge is 0.506 e. The van der Waals surface area contributed by atoms with E-state index in [4.69, 9.17) is 0 Å². The zero-order valence-corrected chi connectivity index (χ0v) is 15.7. The van der Waals surface area contributed by atoms with Crippen LogP contribution >= 0.6 is 11.3 Å². The lowest BCUT2D eigenvalue weighted by molar-refractivity contribution is -0.133. The molecule has 1 aromatic carbocycles. The molecule has 0 spiro atoms. The Morgan fingerprint density at radius 3 is 2.62 bits per heavy atom. The lowest BCUT2D eigenvalue weighted by Gasteiger charge is -2.37. The smallest absolute Gasteiger partial charge is 0.237 e. The van der Waals surface area contributed by atoms with Gasteiger partial charge in [0.05, 0.1) is 18.3 Å². The van der Waals surface area contributed by atoms with Crippen LogP contribution in [0.2, 0.25) is 0 Å². The number of hydrogen-bond acceptors (Lipinski definition) is 5. The van der Waals surface area contributed by atoms with Crippen LogP contribution in [0.15, 0.2) is 41.8 Å². The third-order valence-corrected chi connectivity index (χ3v) is 6.37. The highest BCUT2D eigenvalue weighted by atomic mass is 32.1. The first-order chi connectivity index (χ1) is 12.7. The molecule has 0 radical (unpaired) electrons. The maximum atomic E-state index is 12.9. The second kappa shape index (κ2) is 7.68. The van der Waals surface area contributed by atoms with Crippen LogP contribution in [0.4, 0.5) is 5.69 Å². The molecule has 1 atom stereocenters. The van der Waals surface area contributed by atoms with Crippen molar-refractivity contribution in [1.29, 1.82) is 0 Å². The predicted octanol–water partition coefficient (Wildman–Crippen LogP) is 2.94. The van der Waals surface area contributed by atoms with E-state index in [1.165, 1.54) is 4.88 Å². The van der Waals surface area contributed by atoms with Crippen molar-refractivity contribution in [3.63, 3.8) is 0 Å². The maximum Gasteiger partial charge on any atom is 0.237 e. The number of anilines is 1. The molecule has 2 aromatic rings. The van der Waals surface area contributed by atoms with E-state index in [1.807, 2.05) is 18.2 Å². The zero-order valence-electron chi connectivity index (χ0n) is 14.9. The summed E-state index contributed by atoms with van der Waals surface area (Å²) in [4.78, 5) is 20.7. The number of thiophene rings is 1. The first kappa shape index (κ1) is 17.4. The van der Waals surface area contributed by atoms with Crippen molar-refractivity contribution < 1.29 is 9.90 Å². The second-order valence-electron chi connectivity index (χ2n) is 7.01. The summed E-state index contributed by atoms with van der Waals surface area (Å²) in [5.74, 6) is 0.574. The van der Waals surface area contributed by atoms with Gasteiger partial charge in [-0.2, -0.15) is 0 Å². The van der Waals surface area contributed by atoms with Gasteiger partial charge in [0.1, 0.15) is 5.75 Å². The molecule has 26 heavy (non-hydrogen) atoms. The number of phenols is 1. The van der Waals surface area contributed by atoms with Crippen molar-refractivity contribution in [2.24, 2.45) is 0 Å². The van der Waals surface area contributed by atoms with Crippen LogP contribution in [0.25, 0.3) is 0 Å². The summed E-state index contributed by atoms with van der Waals surface area (Å²) in [7, 11) is 0. The van der Waals surface area contributed by atoms with Crippen molar-refractivity contribution in [1.82, 2.24) is 9.80 Å². The minimum Gasteiger partial charge on any atom is -0.506 e. The molecule has 3 heterocycles. The molecule has 0 bridgehead atoms. The molecule has 2 aliphatic heterocycles. The Bertz CT molecular complexity index is 741. The number of amides is 1. The van der Waals surface area contributed by atoms with Gasteiger partial charge >= 0.3 is 0 Å². The Kier molecular flexibility index (Phi) is 5.13. The summed E-state index contributed by atoms with van der Waals surface area (Å²) in [5.41, 5.74) is 0.885. The van der Waals surface area contributed by atoms with Gasteiger partial charge in [0.25, 0.3) is 0 Å². The number of nitrogens with zero attached hydrogens (tertiary/aromatic N) is 3. The van der Waals surface area contributed by atoms with Crippen LogP contribution in [-0.2, 0) is 4.79 Å². The summed E-state index contributed by atoms with van der Waals surface area (Å²) in [6.07, 6.45) is 2.17. The van der Waals surface area contributed by atoms with Crippen LogP contribution in [0, 0.1) is 0 Å². The lowest BCUT2D eigenvalue weighted by Crippen LogP contribution is -2.50. The van der Waals surface area contributed by atoms with E-state index in [1.54, 1.807) is 17.4 Å². The van der Waals surface area contributed by atoms with Crippen molar-refractivity contribution in [2.45, 2.75) is 18.9 Å². The van der Waals surface area contributed by atoms with E-state index in [9.17, 15) is 9.90 Å². The van der Waals surface area contributed by atoms with Crippen LogP contribution in [0.3, 0.4) is 0 Å². The molecule has 0 aliphatic carbocycles. The minimum atomic E-state index is 0.247. The van der Waals surface area contributed by atoms with E-state index < -0.39 is 0 Å². The number of phenolic OH excluding ortho intramolecular Hbond substituents is 1. The Labute approximate surface area is 158 Å². The van der Waals surface area contributed by atoms with Gasteiger partial charge in [-0.25, -0.2) is 0 Å². The first-order valence-corrected chi connectivity index (χ1v) is 10.2. The Balaban J connectivity index is 1.33. The van der Waals surface area contributed by atoms with E-state index in [2.05, 4.69) is 32.2 Å². The van der Waals surface area contributed by atoms with Gasteiger partial charge in [-0.1, -0.05) is 18.2 Å². The summed E-state index contributed by atoms with van der Waals surface area (Å²) in [6.45, 7) is 4.73. The molecule has 4 rings (SSSR count). The van der Waals surface area contributed by atoms with E-state index in [0.717, 1.165) is 51.3 Å². The highest BCUT2D eigenvalue weighted by Crippen LogP contribution is 2.34. The molecule has 1 unspecified atom stereocenters. The first-order valence-electron chi connectivity index (χ1n) is 9.30. The lowest BCUT2D eigenvalue weighted by atomic mass is 10.2. The Hall–Kier alpha value is -2.05. The van der Waals surface area contributed by atoms with Gasteiger partial charge < -0.3 is 14.9 Å². The fourth-order valence-electron chi connectivity index (χ4n) is 4.00. The summed E-state index contributed by atoms with van der Waals surface area (Å²) in [5, 5.41) is 12.1. The second-order valence-corrected chi connectivity index (χ2v) is 7.99. The number of carbonyl (C=O) groups is 1. The third-order valence-electron chi connectivity index (χ3n) is 5.40. The number of benzene rings is 1. The van der Waals surface area contributed by atoms with Crippen molar-refractivity contribution in [3.8, 4) is 5.75 Å². The molecular weight excluding hydrogens is 346 g/mol. The third kappa shape index (κ3) is 3.57. The SMILES string of the molecule is O=C(CN1CCN(c2ccccc2O)CC1)N1CCCC1c1cccs1. The molecule has 1 N–H and O–H groups in total. The maximum absolute atomic E-state index is 12.9. The molecule has 138 valence electrons. The molecule has 0 saturated carbocycles. The van der Waals surface area contributed by atoms with Crippen LogP contribution in [0.1, 0.15) is 23.8 Å². The van der Waals surface area contributed by atoms with Crippen LogP contribution in [0.5, 0.6) is 5.75 Å². The molecule has 1 aromatic heterocycles. The average Bonchev–Trinajstić information content (AvgIpc) is 3.34. The van der Waals surface area contributed by atoms with Gasteiger partial charge in [-0.3, -0.25) is 9.69 Å². The number of likely N-dealkylation sites (tertiary alicyclic amines) is 1. The summed E-state index contributed by atoms with van der Waals surface area (Å²) in [6, 6.07) is 11.9. The van der Waals surface area contributed by atoms with Crippen molar-refractivity contribution >= 4 is 22.9 Å². The van der Waals surface area contributed by atoms with Gasteiger partial charge in [-0.15, -0.1) is 11.3 Å². The molecule has 5 nitrogen and oxygen atoms in total. The normalized spacial score (nSPS) is 21.3. The number of rotatable bonds is 4. The standard InChI is InChI=1S/C20H25N3O2S/c24-18-7-2-1-5-16(18)22-12-10-21(11-13-22)15-20(25)23-9-3-6-17(23)19-8-4-14-26-19/h1-2,4-5,7-8,14,17,24H,3,6,9-13,15H2. The van der Waals surface area contributed by atoms with Crippen molar-refractivity contribution in [3.05, 3.63) is 46.7 Å². The van der Waals surface area contributed by atoms with Gasteiger partial charge in [0.2, 0.25) is 5.91 Å². The predicted molar refractivity (Wildman–Crippen MR) is 105 cm³/mol. The molecule has 1 amide bonds. The van der Waals surface area contributed by atoms with E-state index in [0.29, 0.717) is 12.3 Å². The number of piperazine rings is 1.